The Labute approximate surface area is 106 Å². The molecule has 100 valence electrons. The van der Waals surface area contributed by atoms with E-state index in [0.29, 0.717) is 12.0 Å². The van der Waals surface area contributed by atoms with Crippen LogP contribution in [0.25, 0.3) is 0 Å². The first-order valence-electron chi connectivity index (χ1n) is 7.39. The predicted octanol–water partition coefficient (Wildman–Crippen LogP) is 1.61. The molecule has 0 amide bonds. The van der Waals surface area contributed by atoms with Crippen molar-refractivity contribution < 1.29 is 5.11 Å². The minimum absolute atomic E-state index is 0.355. The summed E-state index contributed by atoms with van der Waals surface area (Å²) in [5.41, 5.74) is 0.591. The molecule has 2 fully saturated rings. The van der Waals surface area contributed by atoms with Gasteiger partial charge in [-0.2, -0.15) is 0 Å². The molecule has 0 radical (unpaired) electrons. The third-order valence-corrected chi connectivity index (χ3v) is 4.43. The van der Waals surface area contributed by atoms with Crippen molar-refractivity contribution >= 4 is 0 Å². The fraction of sp³-hybridized carbons (Fsp3) is 1.00. The summed E-state index contributed by atoms with van der Waals surface area (Å²) in [6.45, 7) is 6.65. The van der Waals surface area contributed by atoms with Gasteiger partial charge in [-0.25, -0.2) is 0 Å². The van der Waals surface area contributed by atoms with Gasteiger partial charge < -0.3 is 15.3 Å². The summed E-state index contributed by atoms with van der Waals surface area (Å²) in [5, 5.41) is 12.4. The summed E-state index contributed by atoms with van der Waals surface area (Å²) < 4.78 is 0. The second-order valence-corrected chi connectivity index (χ2v) is 5.94. The molecule has 1 unspecified atom stereocenters. The lowest BCUT2D eigenvalue weighted by Gasteiger charge is -2.45. The molecule has 2 aliphatic heterocycles. The van der Waals surface area contributed by atoms with E-state index in [-0.39, 0.29) is 0 Å². The zero-order valence-electron chi connectivity index (χ0n) is 11.1. The van der Waals surface area contributed by atoms with Gasteiger partial charge in [0.25, 0.3) is 0 Å². The van der Waals surface area contributed by atoms with Gasteiger partial charge in [-0.15, -0.1) is 0 Å². The van der Waals surface area contributed by atoms with E-state index in [4.69, 9.17) is 5.11 Å². The predicted molar refractivity (Wildman–Crippen MR) is 71.1 cm³/mol. The molecule has 0 aliphatic carbocycles. The highest BCUT2D eigenvalue weighted by Gasteiger charge is 2.35. The van der Waals surface area contributed by atoms with Gasteiger partial charge in [-0.3, -0.25) is 0 Å². The Bertz CT molecular complexity index is 209. The first kappa shape index (κ1) is 13.3. The minimum Gasteiger partial charge on any atom is -0.396 e. The van der Waals surface area contributed by atoms with Crippen molar-refractivity contribution in [2.75, 3.05) is 39.3 Å². The number of hydrogen-bond donors (Lipinski definition) is 2. The van der Waals surface area contributed by atoms with Crippen LogP contribution < -0.4 is 5.32 Å². The highest BCUT2D eigenvalue weighted by Crippen LogP contribution is 2.35. The quantitative estimate of drug-likeness (QED) is 0.717. The minimum atomic E-state index is 0.355. The van der Waals surface area contributed by atoms with Crippen molar-refractivity contribution in [3.05, 3.63) is 0 Å². The number of piperidine rings is 2. The maximum atomic E-state index is 8.78. The SMILES string of the molecule is OCCCCCN1CCCC2(CCCNC2)C1. The Morgan fingerprint density at radius 3 is 2.76 bits per heavy atom. The maximum Gasteiger partial charge on any atom is 0.0431 e. The van der Waals surface area contributed by atoms with E-state index in [2.05, 4.69) is 10.2 Å². The fourth-order valence-electron chi connectivity index (χ4n) is 3.50. The van der Waals surface area contributed by atoms with Gasteiger partial charge in [0.2, 0.25) is 0 Å². The Kier molecular flexibility index (Phi) is 5.26. The number of aliphatic hydroxyl groups excluding tert-OH is 1. The van der Waals surface area contributed by atoms with Crippen LogP contribution in [-0.4, -0.2) is 49.3 Å². The smallest absolute Gasteiger partial charge is 0.0431 e. The molecule has 3 heteroatoms. The summed E-state index contributed by atoms with van der Waals surface area (Å²) in [5.74, 6) is 0. The first-order valence-corrected chi connectivity index (χ1v) is 7.39. The van der Waals surface area contributed by atoms with Crippen molar-refractivity contribution in [2.45, 2.75) is 44.9 Å². The van der Waals surface area contributed by atoms with Crippen molar-refractivity contribution in [1.29, 1.82) is 0 Å². The molecule has 2 heterocycles. The van der Waals surface area contributed by atoms with Crippen LogP contribution in [0.15, 0.2) is 0 Å². The van der Waals surface area contributed by atoms with Gasteiger partial charge >= 0.3 is 0 Å². The van der Waals surface area contributed by atoms with E-state index in [1.807, 2.05) is 0 Å². The maximum absolute atomic E-state index is 8.78. The van der Waals surface area contributed by atoms with E-state index >= 15 is 0 Å². The molecule has 0 aromatic heterocycles. The Balaban J connectivity index is 1.72. The van der Waals surface area contributed by atoms with E-state index in [9.17, 15) is 0 Å². The van der Waals surface area contributed by atoms with Gasteiger partial charge in [-0.1, -0.05) is 0 Å². The van der Waals surface area contributed by atoms with Gasteiger partial charge in [-0.05, 0) is 70.0 Å². The number of unbranched alkanes of at least 4 members (excludes halogenated alkanes) is 2. The zero-order chi connectivity index (χ0) is 12.0. The highest BCUT2D eigenvalue weighted by molar-refractivity contribution is 4.91. The van der Waals surface area contributed by atoms with Crippen molar-refractivity contribution in [1.82, 2.24) is 10.2 Å². The molecule has 2 saturated heterocycles. The molecular formula is C14H28N2O. The van der Waals surface area contributed by atoms with Crippen LogP contribution in [0.4, 0.5) is 0 Å². The third kappa shape index (κ3) is 3.94. The summed E-state index contributed by atoms with van der Waals surface area (Å²) in [6, 6.07) is 0. The van der Waals surface area contributed by atoms with E-state index in [0.717, 1.165) is 6.42 Å². The normalized spacial score (nSPS) is 30.9. The van der Waals surface area contributed by atoms with Gasteiger partial charge in [0.15, 0.2) is 0 Å². The molecule has 1 atom stereocenters. The average Bonchev–Trinajstić information content (AvgIpc) is 2.36. The summed E-state index contributed by atoms with van der Waals surface area (Å²) in [6.07, 6.45) is 8.99. The summed E-state index contributed by atoms with van der Waals surface area (Å²) >= 11 is 0. The molecule has 0 aromatic carbocycles. The fourth-order valence-corrected chi connectivity index (χ4v) is 3.50. The molecule has 0 aromatic rings. The molecule has 17 heavy (non-hydrogen) atoms. The van der Waals surface area contributed by atoms with Gasteiger partial charge in [0, 0.05) is 19.7 Å². The number of likely N-dealkylation sites (tertiary alicyclic amines) is 1. The van der Waals surface area contributed by atoms with E-state index < -0.39 is 0 Å². The van der Waals surface area contributed by atoms with Crippen molar-refractivity contribution in [3.8, 4) is 0 Å². The summed E-state index contributed by atoms with van der Waals surface area (Å²) in [7, 11) is 0. The van der Waals surface area contributed by atoms with Gasteiger partial charge in [0.05, 0.1) is 0 Å². The number of hydrogen-bond acceptors (Lipinski definition) is 3. The molecule has 0 bridgehead atoms. The van der Waals surface area contributed by atoms with E-state index in [1.54, 1.807) is 0 Å². The van der Waals surface area contributed by atoms with E-state index in [1.165, 1.54) is 71.2 Å². The molecule has 2 rings (SSSR count). The number of nitrogens with zero attached hydrogens (tertiary/aromatic N) is 1. The number of aliphatic hydroxyl groups is 1. The van der Waals surface area contributed by atoms with Crippen LogP contribution in [0, 0.1) is 5.41 Å². The van der Waals surface area contributed by atoms with Crippen LogP contribution in [0.3, 0.4) is 0 Å². The molecule has 2 aliphatic rings. The largest absolute Gasteiger partial charge is 0.396 e. The lowest BCUT2D eigenvalue weighted by Crippen LogP contribution is -2.51. The average molecular weight is 240 g/mol. The molecular weight excluding hydrogens is 212 g/mol. The Morgan fingerprint density at radius 1 is 1.12 bits per heavy atom. The van der Waals surface area contributed by atoms with Crippen LogP contribution in [0.2, 0.25) is 0 Å². The Morgan fingerprint density at radius 2 is 2.00 bits per heavy atom. The van der Waals surface area contributed by atoms with Crippen molar-refractivity contribution in [3.63, 3.8) is 0 Å². The molecule has 2 N–H and O–H groups in total. The molecule has 1 spiro atoms. The number of nitrogens with one attached hydrogen (secondary N) is 1. The van der Waals surface area contributed by atoms with Crippen LogP contribution >= 0.6 is 0 Å². The molecule has 0 saturated carbocycles. The second-order valence-electron chi connectivity index (χ2n) is 5.94. The first-order chi connectivity index (χ1) is 8.35. The lowest BCUT2D eigenvalue weighted by atomic mass is 9.74. The van der Waals surface area contributed by atoms with Crippen molar-refractivity contribution in [2.24, 2.45) is 5.41 Å². The van der Waals surface area contributed by atoms with Crippen LogP contribution in [0.5, 0.6) is 0 Å². The molecule has 3 nitrogen and oxygen atoms in total. The Hall–Kier alpha value is -0.120. The highest BCUT2D eigenvalue weighted by atomic mass is 16.2. The lowest BCUT2D eigenvalue weighted by molar-refractivity contribution is 0.0633. The number of rotatable bonds is 5. The van der Waals surface area contributed by atoms with Crippen LogP contribution in [0.1, 0.15) is 44.9 Å². The third-order valence-electron chi connectivity index (χ3n) is 4.43. The second kappa shape index (κ2) is 6.72. The zero-order valence-corrected chi connectivity index (χ0v) is 11.1. The van der Waals surface area contributed by atoms with Crippen LogP contribution in [-0.2, 0) is 0 Å². The topological polar surface area (TPSA) is 35.5 Å². The van der Waals surface area contributed by atoms with Gasteiger partial charge in [0.1, 0.15) is 0 Å². The standard InChI is InChI=1S/C14H28N2O/c17-11-3-1-2-9-16-10-5-7-14(13-16)6-4-8-15-12-14/h15,17H,1-13H2. The summed E-state index contributed by atoms with van der Waals surface area (Å²) in [4.78, 5) is 2.66. The monoisotopic (exact) mass is 240 g/mol.